The van der Waals surface area contributed by atoms with E-state index in [9.17, 15) is 8.42 Å². The van der Waals surface area contributed by atoms with Gasteiger partial charge >= 0.3 is 0 Å². The van der Waals surface area contributed by atoms with E-state index in [1.165, 1.54) is 17.3 Å². The molecule has 84 valence electrons. The third-order valence-electron chi connectivity index (χ3n) is 1.48. The summed E-state index contributed by atoms with van der Waals surface area (Å²) >= 11 is 0. The fourth-order valence-corrected chi connectivity index (χ4v) is 2.18. The number of anilines is 1. The lowest BCUT2D eigenvalue weighted by atomic mass is 10.4. The van der Waals surface area contributed by atoms with Gasteiger partial charge in [0.1, 0.15) is 0 Å². The number of rotatable bonds is 4. The summed E-state index contributed by atoms with van der Waals surface area (Å²) in [6, 6.07) is 3.11. The van der Waals surface area contributed by atoms with E-state index in [1.807, 2.05) is 0 Å². The first-order chi connectivity index (χ1) is 6.97. The molecule has 0 saturated heterocycles. The van der Waals surface area contributed by atoms with Crippen molar-refractivity contribution in [2.75, 3.05) is 19.5 Å². The number of pyridine rings is 1. The molecule has 1 heterocycles. The van der Waals surface area contributed by atoms with Gasteiger partial charge in [0.2, 0.25) is 0 Å². The summed E-state index contributed by atoms with van der Waals surface area (Å²) in [5.41, 5.74) is 2.52. The average molecular weight is 231 g/mol. The van der Waals surface area contributed by atoms with Crippen LogP contribution in [0, 0.1) is 0 Å². The van der Waals surface area contributed by atoms with Crippen molar-refractivity contribution >= 4 is 15.7 Å². The monoisotopic (exact) mass is 231 g/mol. The zero-order valence-electron chi connectivity index (χ0n) is 8.43. The van der Waals surface area contributed by atoms with Gasteiger partial charge in [0, 0.05) is 20.3 Å². The number of nitrogens with one attached hydrogen (secondary N) is 2. The number of aromatic nitrogens is 1. The highest BCUT2D eigenvalue weighted by Crippen LogP contribution is 2.15. The van der Waals surface area contributed by atoms with Crippen LogP contribution in [0.1, 0.15) is 0 Å². The molecule has 0 atom stereocenters. The molecule has 1 aromatic heterocycles. The summed E-state index contributed by atoms with van der Waals surface area (Å²) in [6.07, 6.45) is 1.38. The molecule has 4 N–H and O–H groups in total. The summed E-state index contributed by atoms with van der Waals surface area (Å²) in [5, 5.41) is 1.17. The molecular formula is C7H13N5O2S. The second kappa shape index (κ2) is 4.53. The standard InChI is InChI=1S/C7H13N5O2S/c1-12(2)11-15(13,14)7-6(10-8)4-3-5-9-7/h3-5,10-11H,8H2,1-2H3. The van der Waals surface area contributed by atoms with Crippen LogP contribution in [-0.2, 0) is 10.0 Å². The smallest absolute Gasteiger partial charge is 0.273 e. The van der Waals surface area contributed by atoms with Gasteiger partial charge in [-0.25, -0.2) is 18.4 Å². The fraction of sp³-hybridized carbons (Fsp3) is 0.286. The number of sulfonamides is 1. The van der Waals surface area contributed by atoms with E-state index in [1.54, 1.807) is 20.2 Å². The van der Waals surface area contributed by atoms with E-state index in [2.05, 4.69) is 15.2 Å². The highest BCUT2D eigenvalue weighted by atomic mass is 32.2. The zero-order chi connectivity index (χ0) is 11.5. The Morgan fingerprint density at radius 2 is 2.13 bits per heavy atom. The van der Waals surface area contributed by atoms with Crippen LogP contribution in [0.15, 0.2) is 23.4 Å². The van der Waals surface area contributed by atoms with Gasteiger partial charge in [0.25, 0.3) is 10.0 Å². The highest BCUT2D eigenvalue weighted by molar-refractivity contribution is 7.89. The minimum Gasteiger partial charge on any atom is -0.321 e. The molecule has 0 amide bonds. The van der Waals surface area contributed by atoms with Crippen LogP contribution in [0.2, 0.25) is 0 Å². The number of nitrogens with two attached hydrogens (primary N) is 1. The maximum atomic E-state index is 11.7. The van der Waals surface area contributed by atoms with Crippen LogP contribution in [-0.4, -0.2) is 32.5 Å². The third kappa shape index (κ3) is 2.86. The van der Waals surface area contributed by atoms with Gasteiger partial charge in [0.15, 0.2) is 5.03 Å². The van der Waals surface area contributed by atoms with Crippen LogP contribution in [0.3, 0.4) is 0 Å². The van der Waals surface area contributed by atoms with Crippen LogP contribution in [0.25, 0.3) is 0 Å². The Hall–Kier alpha value is -1.22. The Morgan fingerprint density at radius 1 is 1.47 bits per heavy atom. The average Bonchev–Trinajstić information content (AvgIpc) is 2.16. The Balaban J connectivity index is 3.15. The molecule has 8 heteroatoms. The Morgan fingerprint density at radius 3 is 2.67 bits per heavy atom. The summed E-state index contributed by atoms with van der Waals surface area (Å²) < 4.78 is 23.4. The van der Waals surface area contributed by atoms with Crippen molar-refractivity contribution in [1.82, 2.24) is 14.8 Å². The Labute approximate surface area is 88.3 Å². The van der Waals surface area contributed by atoms with Crippen LogP contribution >= 0.6 is 0 Å². The molecule has 7 nitrogen and oxygen atoms in total. The predicted molar refractivity (Wildman–Crippen MR) is 56.1 cm³/mol. The van der Waals surface area contributed by atoms with E-state index < -0.39 is 10.0 Å². The lowest BCUT2D eigenvalue weighted by Crippen LogP contribution is -2.37. The lowest BCUT2D eigenvalue weighted by Gasteiger charge is -2.13. The third-order valence-corrected chi connectivity index (χ3v) is 2.92. The van der Waals surface area contributed by atoms with Crippen molar-refractivity contribution in [2.24, 2.45) is 5.84 Å². The second-order valence-electron chi connectivity index (χ2n) is 2.99. The van der Waals surface area contributed by atoms with Gasteiger partial charge in [-0.2, -0.15) is 0 Å². The molecular weight excluding hydrogens is 218 g/mol. The summed E-state index contributed by atoms with van der Waals surface area (Å²) in [7, 11) is -0.549. The highest BCUT2D eigenvalue weighted by Gasteiger charge is 2.20. The van der Waals surface area contributed by atoms with Crippen molar-refractivity contribution in [2.45, 2.75) is 5.03 Å². The van der Waals surface area contributed by atoms with Gasteiger partial charge in [-0.1, -0.05) is 0 Å². The van der Waals surface area contributed by atoms with Gasteiger partial charge in [-0.05, 0) is 12.1 Å². The first-order valence-corrected chi connectivity index (χ1v) is 5.57. The molecule has 0 saturated carbocycles. The van der Waals surface area contributed by atoms with Crippen molar-refractivity contribution in [3.05, 3.63) is 18.3 Å². The molecule has 1 aromatic rings. The molecule has 0 unspecified atom stereocenters. The lowest BCUT2D eigenvalue weighted by molar-refractivity contribution is 0.363. The molecule has 15 heavy (non-hydrogen) atoms. The minimum atomic E-state index is -3.68. The number of hydrogen-bond acceptors (Lipinski definition) is 6. The summed E-state index contributed by atoms with van der Waals surface area (Å²) in [5.74, 6) is 5.18. The number of nitrogens with zero attached hydrogens (tertiary/aromatic N) is 2. The molecule has 0 aliphatic carbocycles. The van der Waals surface area contributed by atoms with E-state index in [0.29, 0.717) is 0 Å². The fourth-order valence-electron chi connectivity index (χ4n) is 0.998. The van der Waals surface area contributed by atoms with Crippen LogP contribution in [0.5, 0.6) is 0 Å². The molecule has 0 bridgehead atoms. The minimum absolute atomic E-state index is 0.138. The van der Waals surface area contributed by atoms with Gasteiger partial charge in [-0.3, -0.25) is 5.84 Å². The zero-order valence-corrected chi connectivity index (χ0v) is 9.25. The van der Waals surface area contributed by atoms with Crippen molar-refractivity contribution in [3.63, 3.8) is 0 Å². The molecule has 0 radical (unpaired) electrons. The van der Waals surface area contributed by atoms with Gasteiger partial charge in [0.05, 0.1) is 5.69 Å². The maximum absolute atomic E-state index is 11.7. The molecule has 1 rings (SSSR count). The first kappa shape index (κ1) is 11.9. The summed E-state index contributed by atoms with van der Waals surface area (Å²) in [4.78, 5) is 6.01. The first-order valence-electron chi connectivity index (χ1n) is 4.09. The largest absolute Gasteiger partial charge is 0.321 e. The Kier molecular flexibility index (Phi) is 3.58. The molecule has 0 aliphatic rings. The van der Waals surface area contributed by atoms with Crippen LogP contribution < -0.4 is 16.1 Å². The maximum Gasteiger partial charge on any atom is 0.273 e. The number of nitrogen functional groups attached to an aromatic ring is 1. The topological polar surface area (TPSA) is 100 Å². The van der Waals surface area contributed by atoms with E-state index in [4.69, 9.17) is 5.84 Å². The molecule has 0 aromatic carbocycles. The second-order valence-corrected chi connectivity index (χ2v) is 4.57. The van der Waals surface area contributed by atoms with E-state index in [-0.39, 0.29) is 10.7 Å². The van der Waals surface area contributed by atoms with Crippen molar-refractivity contribution in [3.8, 4) is 0 Å². The summed E-state index contributed by atoms with van der Waals surface area (Å²) in [6.45, 7) is 0. The van der Waals surface area contributed by atoms with E-state index >= 15 is 0 Å². The van der Waals surface area contributed by atoms with Crippen molar-refractivity contribution in [1.29, 1.82) is 0 Å². The molecule has 0 fully saturated rings. The van der Waals surface area contributed by atoms with Crippen LogP contribution in [0.4, 0.5) is 5.69 Å². The Bertz CT molecular complexity index is 431. The van der Waals surface area contributed by atoms with Gasteiger partial charge in [-0.15, -0.1) is 4.83 Å². The normalized spacial score (nSPS) is 11.7. The molecule has 0 aliphatic heterocycles. The van der Waals surface area contributed by atoms with Crippen molar-refractivity contribution < 1.29 is 8.42 Å². The predicted octanol–water partition coefficient (Wildman–Crippen LogP) is -0.878. The molecule has 0 spiro atoms. The quantitative estimate of drug-likeness (QED) is 0.459. The SMILES string of the molecule is CN(C)NS(=O)(=O)c1ncccc1NN. The van der Waals surface area contributed by atoms with E-state index in [0.717, 1.165) is 0 Å². The number of hydrazine groups is 2. The van der Waals surface area contributed by atoms with Gasteiger partial charge < -0.3 is 5.43 Å². The number of hydrogen-bond donors (Lipinski definition) is 3.